The lowest BCUT2D eigenvalue weighted by Gasteiger charge is -2.44. The van der Waals surface area contributed by atoms with Gasteiger partial charge in [-0.1, -0.05) is 6.07 Å². The van der Waals surface area contributed by atoms with Crippen molar-refractivity contribution in [3.8, 4) is 11.5 Å². The van der Waals surface area contributed by atoms with Crippen molar-refractivity contribution in [2.24, 2.45) is 5.92 Å². The molecule has 0 amide bonds. The van der Waals surface area contributed by atoms with Gasteiger partial charge in [-0.2, -0.15) is 0 Å². The van der Waals surface area contributed by atoms with Crippen LogP contribution in [0.4, 0.5) is 0 Å². The molecule has 2 bridgehead atoms. The van der Waals surface area contributed by atoms with Crippen LogP contribution in [-0.4, -0.2) is 43.5 Å². The molecule has 0 aliphatic carbocycles. The van der Waals surface area contributed by atoms with Crippen LogP contribution < -0.4 is 9.47 Å². The van der Waals surface area contributed by atoms with E-state index >= 15 is 0 Å². The Labute approximate surface area is 119 Å². The molecule has 3 saturated heterocycles. The molecule has 0 spiro atoms. The summed E-state index contributed by atoms with van der Waals surface area (Å²) in [6.45, 7) is 4.88. The smallest absolute Gasteiger partial charge is 0.172 e. The number of fused-ring (bicyclic) bond motifs is 3. The van der Waals surface area contributed by atoms with Crippen molar-refractivity contribution < 1.29 is 14.3 Å². The molecule has 3 aliphatic heterocycles. The highest BCUT2D eigenvalue weighted by molar-refractivity contribution is 5.97. The average Bonchev–Trinajstić information content (AvgIpc) is 2.48. The number of ether oxygens (including phenoxy) is 2. The fraction of sp³-hybridized carbons (Fsp3) is 0.562. The summed E-state index contributed by atoms with van der Waals surface area (Å²) < 4.78 is 11.6. The molecule has 0 saturated carbocycles. The van der Waals surface area contributed by atoms with E-state index in [-0.39, 0.29) is 11.9 Å². The number of carbonyl (C=O) groups excluding carboxylic acids is 1. The highest BCUT2D eigenvalue weighted by Gasteiger charge is 2.36. The van der Waals surface area contributed by atoms with Gasteiger partial charge in [0.1, 0.15) is 6.10 Å². The molecule has 4 rings (SSSR count). The number of Topliss-reactive ketones (excluding diaryl/α,β-unsaturated/α-hetero) is 1. The van der Waals surface area contributed by atoms with Gasteiger partial charge in [0.25, 0.3) is 0 Å². The topological polar surface area (TPSA) is 38.8 Å². The highest BCUT2D eigenvalue weighted by Crippen LogP contribution is 2.36. The molecule has 1 atom stereocenters. The van der Waals surface area contributed by atoms with E-state index in [1.807, 2.05) is 18.2 Å². The molecule has 3 fully saturated rings. The molecule has 20 heavy (non-hydrogen) atoms. The second kappa shape index (κ2) is 5.44. The average molecular weight is 275 g/mol. The first-order valence-corrected chi connectivity index (χ1v) is 7.26. The van der Waals surface area contributed by atoms with Gasteiger partial charge in [-0.15, -0.1) is 0 Å². The predicted octanol–water partition coefficient (Wildman–Crippen LogP) is 2.37. The van der Waals surface area contributed by atoms with Gasteiger partial charge in [-0.25, -0.2) is 0 Å². The minimum absolute atomic E-state index is 0.0141. The van der Waals surface area contributed by atoms with E-state index in [2.05, 4.69) is 4.90 Å². The number of rotatable bonds is 4. The van der Waals surface area contributed by atoms with Crippen LogP contribution in [0, 0.1) is 5.92 Å². The molecular weight excluding hydrogens is 254 g/mol. The SMILES string of the molecule is COc1cccc(C(C)=O)c1OC1CN2CCC1CC2. The minimum Gasteiger partial charge on any atom is -0.493 e. The lowest BCUT2D eigenvalue weighted by atomic mass is 9.86. The monoisotopic (exact) mass is 275 g/mol. The van der Waals surface area contributed by atoms with Crippen molar-refractivity contribution in [3.63, 3.8) is 0 Å². The van der Waals surface area contributed by atoms with Crippen molar-refractivity contribution >= 4 is 5.78 Å². The van der Waals surface area contributed by atoms with Gasteiger partial charge >= 0.3 is 0 Å². The zero-order chi connectivity index (χ0) is 14.1. The predicted molar refractivity (Wildman–Crippen MR) is 76.6 cm³/mol. The fourth-order valence-electron chi connectivity index (χ4n) is 3.27. The van der Waals surface area contributed by atoms with Gasteiger partial charge in [0.05, 0.1) is 12.7 Å². The number of ketones is 1. The van der Waals surface area contributed by atoms with Crippen LogP contribution in [0.2, 0.25) is 0 Å². The molecule has 0 N–H and O–H groups in total. The first kappa shape index (κ1) is 13.4. The van der Waals surface area contributed by atoms with Crippen LogP contribution in [0.5, 0.6) is 11.5 Å². The maximum atomic E-state index is 11.8. The summed E-state index contributed by atoms with van der Waals surface area (Å²) in [5.74, 6) is 1.88. The largest absolute Gasteiger partial charge is 0.493 e. The molecule has 1 aromatic rings. The van der Waals surface area contributed by atoms with Crippen LogP contribution >= 0.6 is 0 Å². The zero-order valence-corrected chi connectivity index (χ0v) is 12.1. The Bertz CT molecular complexity index is 506. The number of hydrogen-bond donors (Lipinski definition) is 0. The molecule has 0 radical (unpaired) electrons. The Morgan fingerprint density at radius 2 is 2.05 bits per heavy atom. The van der Waals surface area contributed by atoms with Crippen molar-refractivity contribution in [2.45, 2.75) is 25.9 Å². The van der Waals surface area contributed by atoms with Gasteiger partial charge in [0.2, 0.25) is 0 Å². The molecule has 0 aromatic heterocycles. The van der Waals surface area contributed by atoms with Crippen LogP contribution in [0.25, 0.3) is 0 Å². The Balaban J connectivity index is 1.88. The summed E-state index contributed by atoms with van der Waals surface area (Å²) in [7, 11) is 1.61. The highest BCUT2D eigenvalue weighted by atomic mass is 16.5. The molecule has 3 heterocycles. The lowest BCUT2D eigenvalue weighted by Crippen LogP contribution is -2.52. The van der Waals surface area contributed by atoms with Gasteiger partial charge < -0.3 is 9.47 Å². The molecule has 4 nitrogen and oxygen atoms in total. The zero-order valence-electron chi connectivity index (χ0n) is 12.1. The summed E-state index contributed by atoms with van der Waals surface area (Å²) in [6, 6.07) is 5.49. The van der Waals surface area contributed by atoms with Crippen molar-refractivity contribution in [2.75, 3.05) is 26.7 Å². The first-order valence-electron chi connectivity index (χ1n) is 7.26. The summed E-state index contributed by atoms with van der Waals surface area (Å²) >= 11 is 0. The molecule has 1 unspecified atom stereocenters. The second-order valence-electron chi connectivity index (χ2n) is 5.69. The summed E-state index contributed by atoms with van der Waals surface area (Å²) in [5, 5.41) is 0. The number of nitrogens with zero attached hydrogens (tertiary/aromatic N) is 1. The maximum Gasteiger partial charge on any atom is 0.172 e. The number of carbonyl (C=O) groups is 1. The van der Waals surface area contributed by atoms with Crippen LogP contribution in [-0.2, 0) is 0 Å². The van der Waals surface area contributed by atoms with E-state index in [0.717, 1.165) is 6.54 Å². The third-order valence-corrected chi connectivity index (χ3v) is 4.44. The minimum atomic E-state index is 0.0141. The molecular formula is C16H21NO3. The number of para-hydroxylation sites is 1. The Morgan fingerprint density at radius 1 is 1.30 bits per heavy atom. The third-order valence-electron chi connectivity index (χ3n) is 4.44. The lowest BCUT2D eigenvalue weighted by molar-refractivity contribution is -0.00914. The fourth-order valence-corrected chi connectivity index (χ4v) is 3.27. The second-order valence-corrected chi connectivity index (χ2v) is 5.69. The van der Waals surface area contributed by atoms with Gasteiger partial charge in [0.15, 0.2) is 17.3 Å². The van der Waals surface area contributed by atoms with Crippen molar-refractivity contribution in [1.29, 1.82) is 0 Å². The summed E-state index contributed by atoms with van der Waals surface area (Å²) in [5.41, 5.74) is 0.612. The Hall–Kier alpha value is -1.55. The quantitative estimate of drug-likeness (QED) is 0.791. The van der Waals surface area contributed by atoms with Crippen LogP contribution in [0.1, 0.15) is 30.1 Å². The van der Waals surface area contributed by atoms with Crippen molar-refractivity contribution in [1.82, 2.24) is 4.90 Å². The summed E-state index contributed by atoms with van der Waals surface area (Å²) in [6.07, 6.45) is 2.55. The van der Waals surface area contributed by atoms with Crippen molar-refractivity contribution in [3.05, 3.63) is 23.8 Å². The molecule has 3 aliphatic rings. The summed E-state index contributed by atoms with van der Waals surface area (Å²) in [4.78, 5) is 14.2. The van der Waals surface area contributed by atoms with Crippen LogP contribution in [0.15, 0.2) is 18.2 Å². The van der Waals surface area contributed by atoms with Gasteiger partial charge in [0, 0.05) is 6.54 Å². The standard InChI is InChI=1S/C16H21NO3/c1-11(18)13-4-3-5-14(19-2)16(13)20-15-10-17-8-6-12(15)7-9-17/h3-5,12,15H,6-10H2,1-2H3. The molecule has 1 aromatic carbocycles. The van der Waals surface area contributed by atoms with E-state index in [1.165, 1.54) is 25.9 Å². The normalized spacial score (nSPS) is 28.2. The number of benzene rings is 1. The van der Waals surface area contributed by atoms with E-state index in [4.69, 9.17) is 9.47 Å². The van der Waals surface area contributed by atoms with E-state index < -0.39 is 0 Å². The molecule has 4 heteroatoms. The van der Waals surface area contributed by atoms with E-state index in [1.54, 1.807) is 14.0 Å². The number of piperidine rings is 3. The van der Waals surface area contributed by atoms with Gasteiger partial charge in [-0.3, -0.25) is 9.69 Å². The Kier molecular flexibility index (Phi) is 3.66. The molecule has 108 valence electrons. The number of methoxy groups -OCH3 is 1. The first-order chi connectivity index (χ1) is 9.69. The van der Waals surface area contributed by atoms with E-state index in [9.17, 15) is 4.79 Å². The van der Waals surface area contributed by atoms with Crippen LogP contribution in [0.3, 0.4) is 0 Å². The maximum absolute atomic E-state index is 11.8. The Morgan fingerprint density at radius 3 is 2.60 bits per heavy atom. The number of hydrogen-bond acceptors (Lipinski definition) is 4. The van der Waals surface area contributed by atoms with Gasteiger partial charge in [-0.05, 0) is 50.9 Å². The van der Waals surface area contributed by atoms with E-state index in [0.29, 0.717) is 23.0 Å². The third kappa shape index (κ3) is 2.40.